The molecule has 4 rings (SSSR count). The Bertz CT molecular complexity index is 1020. The zero-order valence-electron chi connectivity index (χ0n) is 17.0. The maximum Gasteiger partial charge on any atom is 0.266 e. The highest BCUT2D eigenvalue weighted by Crippen LogP contribution is 2.47. The molecule has 1 aromatic carbocycles. The van der Waals surface area contributed by atoms with Crippen LogP contribution in [0.5, 0.6) is 0 Å². The molecule has 1 unspecified atom stereocenters. The summed E-state index contributed by atoms with van der Waals surface area (Å²) in [5.74, 6) is -0.758. The van der Waals surface area contributed by atoms with Crippen LogP contribution in [0.4, 0.5) is 15.2 Å². The molecule has 1 atom stereocenters. The largest absolute Gasteiger partial charge is 0.381 e. The number of nitrogens with zero attached hydrogens (tertiary/aromatic N) is 2. The van der Waals surface area contributed by atoms with E-state index in [0.717, 1.165) is 32.4 Å². The van der Waals surface area contributed by atoms with E-state index in [1.165, 1.54) is 17.4 Å². The zero-order valence-corrected chi connectivity index (χ0v) is 18.6. The number of rotatable bonds is 6. The number of aryl methyl sites for hydroxylation is 1. The quantitative estimate of drug-likeness (QED) is 0.711. The van der Waals surface area contributed by atoms with Crippen LogP contribution in [0.15, 0.2) is 28.5 Å². The number of fused-ring (bicyclic) bond motifs is 1. The SMILES string of the molecule is Cc1csc(NS(=O)(=O)c2cccc(NCC34CCCN3CC(C)(C)C4)c2F)n1. The number of nitrogens with one attached hydrogen (secondary N) is 2. The smallest absolute Gasteiger partial charge is 0.266 e. The molecule has 9 heteroatoms. The van der Waals surface area contributed by atoms with Crippen molar-refractivity contribution in [2.75, 3.05) is 29.7 Å². The normalized spacial score (nSPS) is 23.9. The molecule has 0 spiro atoms. The maximum absolute atomic E-state index is 15.1. The minimum Gasteiger partial charge on any atom is -0.381 e. The van der Waals surface area contributed by atoms with Gasteiger partial charge < -0.3 is 5.32 Å². The van der Waals surface area contributed by atoms with Crippen LogP contribution < -0.4 is 10.0 Å². The Hall–Kier alpha value is -1.71. The van der Waals surface area contributed by atoms with Gasteiger partial charge in [0.05, 0.1) is 11.4 Å². The van der Waals surface area contributed by atoms with E-state index in [4.69, 9.17) is 0 Å². The predicted octanol–water partition coefficient (Wildman–Crippen LogP) is 4.07. The molecule has 1 aromatic heterocycles. The molecular weight excluding hydrogens is 411 g/mol. The summed E-state index contributed by atoms with van der Waals surface area (Å²) in [6.07, 6.45) is 3.28. The minimum atomic E-state index is -4.06. The van der Waals surface area contributed by atoms with Gasteiger partial charge in [0.15, 0.2) is 10.9 Å². The van der Waals surface area contributed by atoms with Crippen LogP contribution in [0.1, 0.15) is 38.8 Å². The first-order chi connectivity index (χ1) is 13.6. The Morgan fingerprint density at radius 1 is 1.34 bits per heavy atom. The van der Waals surface area contributed by atoms with Gasteiger partial charge in [-0.3, -0.25) is 9.62 Å². The molecule has 2 N–H and O–H groups in total. The number of benzene rings is 1. The van der Waals surface area contributed by atoms with E-state index in [0.29, 0.717) is 12.2 Å². The van der Waals surface area contributed by atoms with E-state index >= 15 is 4.39 Å². The third-order valence-corrected chi connectivity index (χ3v) is 8.23. The molecule has 158 valence electrons. The molecule has 3 heterocycles. The van der Waals surface area contributed by atoms with Gasteiger partial charge in [0.25, 0.3) is 10.0 Å². The van der Waals surface area contributed by atoms with E-state index in [9.17, 15) is 8.42 Å². The van der Waals surface area contributed by atoms with Crippen LogP contribution >= 0.6 is 11.3 Å². The van der Waals surface area contributed by atoms with E-state index in [-0.39, 0.29) is 26.7 Å². The molecule has 0 saturated carbocycles. The van der Waals surface area contributed by atoms with E-state index in [1.54, 1.807) is 24.4 Å². The molecule has 2 aliphatic rings. The Balaban J connectivity index is 1.54. The number of hydrogen-bond acceptors (Lipinski definition) is 6. The van der Waals surface area contributed by atoms with Gasteiger partial charge in [-0.25, -0.2) is 17.8 Å². The van der Waals surface area contributed by atoms with Crippen molar-refractivity contribution >= 4 is 32.2 Å². The summed E-state index contributed by atoms with van der Waals surface area (Å²) in [6.45, 7) is 9.03. The van der Waals surface area contributed by atoms with Crippen LogP contribution in [0.25, 0.3) is 0 Å². The van der Waals surface area contributed by atoms with Gasteiger partial charge in [0.1, 0.15) is 4.90 Å². The molecule has 29 heavy (non-hydrogen) atoms. The lowest BCUT2D eigenvalue weighted by molar-refractivity contribution is 0.208. The van der Waals surface area contributed by atoms with Gasteiger partial charge in [-0.1, -0.05) is 19.9 Å². The average molecular weight is 439 g/mol. The number of sulfonamides is 1. The van der Waals surface area contributed by atoms with Crippen molar-refractivity contribution in [3.63, 3.8) is 0 Å². The summed E-state index contributed by atoms with van der Waals surface area (Å²) in [6, 6.07) is 4.44. The molecule has 2 aromatic rings. The van der Waals surface area contributed by atoms with E-state index in [2.05, 4.69) is 33.8 Å². The standard InChI is InChI=1S/C20H27FN4O2S2/c1-14-10-28-18(23-14)24-29(26,27)16-7-4-6-15(17(16)21)22-12-20-8-5-9-25(20)13-19(2,3)11-20/h4,6-7,10,22H,5,8-9,11-13H2,1-3H3,(H,23,24). The molecule has 2 fully saturated rings. The van der Waals surface area contributed by atoms with Gasteiger partial charge in [-0.05, 0) is 50.3 Å². The highest BCUT2D eigenvalue weighted by atomic mass is 32.2. The van der Waals surface area contributed by atoms with Gasteiger partial charge >= 0.3 is 0 Å². The Morgan fingerprint density at radius 2 is 2.14 bits per heavy atom. The molecule has 0 aliphatic carbocycles. The number of anilines is 2. The van der Waals surface area contributed by atoms with Crippen LogP contribution in [0.3, 0.4) is 0 Å². The summed E-state index contributed by atoms with van der Waals surface area (Å²) in [5.41, 5.74) is 1.18. The van der Waals surface area contributed by atoms with Gasteiger partial charge in [0, 0.05) is 24.0 Å². The first kappa shape index (κ1) is 20.6. The van der Waals surface area contributed by atoms with Crippen molar-refractivity contribution < 1.29 is 12.8 Å². The molecule has 0 bridgehead atoms. The number of thiazole rings is 1. The third-order valence-electron chi connectivity index (χ3n) is 5.87. The Morgan fingerprint density at radius 3 is 2.86 bits per heavy atom. The maximum atomic E-state index is 15.1. The van der Waals surface area contributed by atoms with Crippen molar-refractivity contribution in [3.05, 3.63) is 35.1 Å². The van der Waals surface area contributed by atoms with Gasteiger partial charge in [0.2, 0.25) is 0 Å². The van der Waals surface area contributed by atoms with Crippen LogP contribution in [0.2, 0.25) is 0 Å². The third kappa shape index (κ3) is 4.00. The van der Waals surface area contributed by atoms with E-state index < -0.39 is 15.8 Å². The molecule has 2 saturated heterocycles. The second-order valence-electron chi connectivity index (χ2n) is 8.96. The van der Waals surface area contributed by atoms with Crippen LogP contribution in [0, 0.1) is 18.2 Å². The molecule has 2 aliphatic heterocycles. The molecule has 0 amide bonds. The zero-order chi connectivity index (χ0) is 20.9. The second kappa shape index (κ2) is 7.21. The predicted molar refractivity (Wildman–Crippen MR) is 114 cm³/mol. The topological polar surface area (TPSA) is 74.3 Å². The summed E-state index contributed by atoms with van der Waals surface area (Å²) in [5, 5.41) is 5.18. The van der Waals surface area contributed by atoms with Crippen LogP contribution in [-0.4, -0.2) is 43.5 Å². The molecule has 6 nitrogen and oxygen atoms in total. The first-order valence-electron chi connectivity index (χ1n) is 9.83. The van der Waals surface area contributed by atoms with Gasteiger partial charge in [-0.2, -0.15) is 0 Å². The summed E-state index contributed by atoms with van der Waals surface area (Å²) < 4.78 is 42.9. The fourth-order valence-corrected chi connectivity index (χ4v) is 6.89. The fraction of sp³-hybridized carbons (Fsp3) is 0.550. The summed E-state index contributed by atoms with van der Waals surface area (Å²) >= 11 is 1.17. The second-order valence-corrected chi connectivity index (χ2v) is 11.5. The lowest BCUT2D eigenvalue weighted by Gasteiger charge is -2.33. The van der Waals surface area contributed by atoms with Crippen molar-refractivity contribution in [2.45, 2.75) is 50.5 Å². The molecule has 0 radical (unpaired) electrons. The van der Waals surface area contributed by atoms with Crippen LogP contribution in [-0.2, 0) is 10.0 Å². The number of halogens is 1. The average Bonchev–Trinajstić information content (AvgIpc) is 3.25. The van der Waals surface area contributed by atoms with Gasteiger partial charge in [-0.15, -0.1) is 11.3 Å². The van der Waals surface area contributed by atoms with Crippen molar-refractivity contribution in [1.82, 2.24) is 9.88 Å². The monoisotopic (exact) mass is 438 g/mol. The Labute approximate surface area is 175 Å². The summed E-state index contributed by atoms with van der Waals surface area (Å²) in [4.78, 5) is 6.23. The number of aromatic nitrogens is 1. The summed E-state index contributed by atoms with van der Waals surface area (Å²) in [7, 11) is -4.06. The van der Waals surface area contributed by atoms with Crippen molar-refractivity contribution in [3.8, 4) is 0 Å². The van der Waals surface area contributed by atoms with E-state index in [1.807, 2.05) is 0 Å². The lowest BCUT2D eigenvalue weighted by Crippen LogP contribution is -2.44. The lowest BCUT2D eigenvalue weighted by atomic mass is 9.82. The highest BCUT2D eigenvalue weighted by Gasteiger charge is 2.51. The van der Waals surface area contributed by atoms with Crippen molar-refractivity contribution in [2.24, 2.45) is 5.41 Å². The fourth-order valence-electron chi connectivity index (χ4n) is 4.85. The molecular formula is C20H27FN4O2S2. The number of hydrogen-bond donors (Lipinski definition) is 2. The minimum absolute atomic E-state index is 0.0154. The first-order valence-corrected chi connectivity index (χ1v) is 12.2. The highest BCUT2D eigenvalue weighted by molar-refractivity contribution is 7.93. The Kier molecular flexibility index (Phi) is 5.11. The van der Waals surface area contributed by atoms with Crippen molar-refractivity contribution in [1.29, 1.82) is 0 Å².